The van der Waals surface area contributed by atoms with Gasteiger partial charge in [0.15, 0.2) is 5.16 Å². The van der Waals surface area contributed by atoms with Crippen LogP contribution in [0.2, 0.25) is 0 Å². The lowest BCUT2D eigenvalue weighted by atomic mass is 10.2. The van der Waals surface area contributed by atoms with E-state index in [1.165, 1.54) is 11.8 Å². The zero-order valence-electron chi connectivity index (χ0n) is 12.5. The van der Waals surface area contributed by atoms with Gasteiger partial charge < -0.3 is 9.67 Å². The number of benzene rings is 1. The number of carboxylic acids is 1. The van der Waals surface area contributed by atoms with Crippen molar-refractivity contribution in [2.75, 3.05) is 17.8 Å². The van der Waals surface area contributed by atoms with Crippen molar-refractivity contribution in [1.29, 1.82) is 0 Å². The second-order valence-corrected chi connectivity index (χ2v) is 6.76. The van der Waals surface area contributed by atoms with Crippen LogP contribution >= 0.6 is 23.5 Å². The number of hydrogen-bond donors (Lipinski definition) is 1. The fourth-order valence-corrected chi connectivity index (χ4v) is 3.95. The molecule has 0 aliphatic heterocycles. The lowest BCUT2D eigenvalue weighted by Gasteiger charge is -2.19. The summed E-state index contributed by atoms with van der Waals surface area (Å²) in [4.78, 5) is 15.6. The van der Waals surface area contributed by atoms with Crippen LogP contribution in [0.25, 0.3) is 11.0 Å². The smallest absolute Gasteiger partial charge is 0.313 e. The molecular formula is C15H20N2O2S2. The highest BCUT2D eigenvalue weighted by Crippen LogP contribution is 2.31. The van der Waals surface area contributed by atoms with Gasteiger partial charge in [-0.25, -0.2) is 4.98 Å². The molecule has 114 valence electrons. The average Bonchev–Trinajstić information content (AvgIpc) is 2.82. The molecule has 0 aliphatic carbocycles. The van der Waals surface area contributed by atoms with Crippen molar-refractivity contribution in [3.63, 3.8) is 0 Å². The van der Waals surface area contributed by atoms with Crippen LogP contribution in [0.5, 0.6) is 0 Å². The number of fused-ring (bicyclic) bond motifs is 1. The maximum atomic E-state index is 10.9. The van der Waals surface area contributed by atoms with Gasteiger partial charge in [0.25, 0.3) is 0 Å². The van der Waals surface area contributed by atoms with Crippen LogP contribution in [0.4, 0.5) is 0 Å². The molecule has 1 aromatic carbocycles. The van der Waals surface area contributed by atoms with Crippen LogP contribution in [0, 0.1) is 6.92 Å². The van der Waals surface area contributed by atoms with E-state index in [0.717, 1.165) is 33.9 Å². The van der Waals surface area contributed by atoms with E-state index in [2.05, 4.69) is 28.8 Å². The lowest BCUT2D eigenvalue weighted by Crippen LogP contribution is -2.12. The van der Waals surface area contributed by atoms with Crippen molar-refractivity contribution in [3.8, 4) is 0 Å². The highest BCUT2D eigenvalue weighted by atomic mass is 32.2. The molecule has 1 N–H and O–H groups in total. The largest absolute Gasteiger partial charge is 0.481 e. The molecule has 0 aliphatic rings. The van der Waals surface area contributed by atoms with Gasteiger partial charge in [-0.1, -0.05) is 30.8 Å². The van der Waals surface area contributed by atoms with Gasteiger partial charge in [-0.05, 0) is 31.2 Å². The first-order valence-electron chi connectivity index (χ1n) is 6.89. The number of imidazole rings is 1. The molecule has 0 fully saturated rings. The van der Waals surface area contributed by atoms with Crippen LogP contribution in [0.1, 0.15) is 24.9 Å². The van der Waals surface area contributed by atoms with Crippen molar-refractivity contribution in [2.24, 2.45) is 0 Å². The number of rotatable bonds is 7. The fourth-order valence-electron chi connectivity index (χ4n) is 2.38. The lowest BCUT2D eigenvalue weighted by molar-refractivity contribution is -0.133. The highest BCUT2D eigenvalue weighted by Gasteiger charge is 2.19. The SMILES string of the molecule is CCC(CSC)n1c(SCC(=O)O)nc2c(C)cccc21. The van der Waals surface area contributed by atoms with E-state index in [9.17, 15) is 4.79 Å². The summed E-state index contributed by atoms with van der Waals surface area (Å²) in [6.45, 7) is 4.20. The summed E-state index contributed by atoms with van der Waals surface area (Å²) in [5, 5.41) is 9.74. The van der Waals surface area contributed by atoms with Gasteiger partial charge >= 0.3 is 5.97 Å². The van der Waals surface area contributed by atoms with Crippen molar-refractivity contribution < 1.29 is 9.90 Å². The Kier molecular flexibility index (Phi) is 5.58. The monoisotopic (exact) mass is 324 g/mol. The number of hydrogen-bond acceptors (Lipinski definition) is 4. The molecule has 2 rings (SSSR count). The third-order valence-electron chi connectivity index (χ3n) is 3.41. The molecule has 6 heteroatoms. The predicted molar refractivity (Wildman–Crippen MR) is 90.5 cm³/mol. The Hall–Kier alpha value is -1.14. The summed E-state index contributed by atoms with van der Waals surface area (Å²) in [5.41, 5.74) is 3.20. The first-order chi connectivity index (χ1) is 10.1. The summed E-state index contributed by atoms with van der Waals surface area (Å²) in [5.74, 6) is 0.225. The molecule has 0 amide bonds. The molecule has 2 aromatic rings. The Morgan fingerprint density at radius 1 is 1.48 bits per heavy atom. The van der Waals surface area contributed by atoms with Gasteiger partial charge in [0.05, 0.1) is 16.8 Å². The molecule has 0 bridgehead atoms. The standard InChI is InChI=1S/C15H20N2O2S2/c1-4-11(8-20-3)17-12-7-5-6-10(2)14(12)16-15(17)21-9-13(18)19/h5-7,11H,4,8-9H2,1-3H3,(H,18,19). The second-order valence-electron chi connectivity index (χ2n) is 4.91. The minimum Gasteiger partial charge on any atom is -0.481 e. The molecule has 4 nitrogen and oxygen atoms in total. The van der Waals surface area contributed by atoms with Crippen molar-refractivity contribution in [3.05, 3.63) is 23.8 Å². The Labute approximate surface area is 133 Å². The minimum absolute atomic E-state index is 0.0398. The summed E-state index contributed by atoms with van der Waals surface area (Å²) in [7, 11) is 0. The molecular weight excluding hydrogens is 304 g/mol. The second kappa shape index (κ2) is 7.22. The molecule has 1 unspecified atom stereocenters. The maximum Gasteiger partial charge on any atom is 0.313 e. The molecule has 0 saturated carbocycles. The van der Waals surface area contributed by atoms with E-state index < -0.39 is 5.97 Å². The zero-order chi connectivity index (χ0) is 15.4. The van der Waals surface area contributed by atoms with Crippen molar-refractivity contribution >= 4 is 40.5 Å². The molecule has 1 aromatic heterocycles. The molecule has 1 heterocycles. The predicted octanol–water partition coefficient (Wildman–Crippen LogP) is 3.84. The van der Waals surface area contributed by atoms with Gasteiger partial charge in [-0.3, -0.25) is 4.79 Å². The molecule has 21 heavy (non-hydrogen) atoms. The van der Waals surface area contributed by atoms with E-state index in [0.29, 0.717) is 6.04 Å². The van der Waals surface area contributed by atoms with Crippen LogP contribution < -0.4 is 0 Å². The van der Waals surface area contributed by atoms with E-state index in [1.54, 1.807) is 11.8 Å². The van der Waals surface area contributed by atoms with E-state index in [1.807, 2.05) is 19.1 Å². The number of carboxylic acid groups (broad SMARTS) is 1. The van der Waals surface area contributed by atoms with Crippen LogP contribution in [0.3, 0.4) is 0 Å². The van der Waals surface area contributed by atoms with Crippen molar-refractivity contribution in [1.82, 2.24) is 9.55 Å². The fraction of sp³-hybridized carbons (Fsp3) is 0.467. The number of aryl methyl sites for hydroxylation is 1. The van der Waals surface area contributed by atoms with Gasteiger partial charge in [-0.15, -0.1) is 0 Å². The summed E-state index contributed by atoms with van der Waals surface area (Å²) < 4.78 is 2.21. The van der Waals surface area contributed by atoms with Crippen LogP contribution in [-0.4, -0.2) is 38.4 Å². The van der Waals surface area contributed by atoms with E-state index >= 15 is 0 Å². The van der Waals surface area contributed by atoms with Gasteiger partial charge in [0.1, 0.15) is 0 Å². The number of nitrogens with zero attached hydrogens (tertiary/aromatic N) is 2. The summed E-state index contributed by atoms with van der Waals surface area (Å²) >= 11 is 3.11. The third-order valence-corrected chi connectivity index (χ3v) is 5.07. The summed E-state index contributed by atoms with van der Waals surface area (Å²) in [6.07, 6.45) is 3.10. The first kappa shape index (κ1) is 16.2. The maximum absolute atomic E-state index is 10.9. The zero-order valence-corrected chi connectivity index (χ0v) is 14.1. The topological polar surface area (TPSA) is 55.1 Å². The van der Waals surface area contributed by atoms with Crippen LogP contribution in [0.15, 0.2) is 23.4 Å². The van der Waals surface area contributed by atoms with E-state index in [4.69, 9.17) is 5.11 Å². The number of aromatic nitrogens is 2. The van der Waals surface area contributed by atoms with Crippen molar-refractivity contribution in [2.45, 2.75) is 31.5 Å². The first-order valence-corrected chi connectivity index (χ1v) is 9.27. The Morgan fingerprint density at radius 3 is 2.86 bits per heavy atom. The van der Waals surface area contributed by atoms with Gasteiger partial charge in [0, 0.05) is 11.8 Å². The number of carbonyl (C=O) groups is 1. The molecule has 0 saturated heterocycles. The van der Waals surface area contributed by atoms with Gasteiger partial charge in [0.2, 0.25) is 0 Å². The quantitative estimate of drug-likeness (QED) is 0.784. The van der Waals surface area contributed by atoms with E-state index in [-0.39, 0.29) is 5.75 Å². The number of thioether (sulfide) groups is 2. The minimum atomic E-state index is -0.812. The highest BCUT2D eigenvalue weighted by molar-refractivity contribution is 7.99. The Morgan fingerprint density at radius 2 is 2.24 bits per heavy atom. The van der Waals surface area contributed by atoms with Gasteiger partial charge in [-0.2, -0.15) is 11.8 Å². The average molecular weight is 324 g/mol. The van der Waals surface area contributed by atoms with Crippen LogP contribution in [-0.2, 0) is 4.79 Å². The number of aliphatic carboxylic acids is 1. The normalized spacial score (nSPS) is 12.7. The molecule has 0 spiro atoms. The summed E-state index contributed by atoms with van der Waals surface area (Å²) in [6, 6.07) is 6.49. The Balaban J connectivity index is 2.53. The molecule has 1 atom stereocenters. The Bertz CT molecular complexity index is 640. The molecule has 0 radical (unpaired) electrons. The number of para-hydroxylation sites is 1. The third kappa shape index (κ3) is 3.55.